The molecule has 8 rings (SSSR count). The van der Waals surface area contributed by atoms with Crippen molar-refractivity contribution in [3.8, 4) is 17.6 Å². The van der Waals surface area contributed by atoms with E-state index in [0.29, 0.717) is 17.1 Å². The molecule has 0 bridgehead atoms. The monoisotopic (exact) mass is 1090 g/mol. The van der Waals surface area contributed by atoms with Crippen LogP contribution in [0, 0.1) is 24.2 Å². The minimum absolute atomic E-state index is 0.00274. The molecule has 2 aliphatic heterocycles. The molecule has 22 nitrogen and oxygen atoms in total. The van der Waals surface area contributed by atoms with Gasteiger partial charge in [0.2, 0.25) is 11.9 Å². The van der Waals surface area contributed by atoms with E-state index >= 15 is 0 Å². The number of H-pyrrole nitrogens is 2. The van der Waals surface area contributed by atoms with Crippen molar-refractivity contribution < 1.29 is 47.0 Å². The summed E-state index contributed by atoms with van der Waals surface area (Å²) in [5, 5.41) is 12.1. The van der Waals surface area contributed by atoms with E-state index in [2.05, 4.69) is 36.0 Å². The molecular weight excluding hydrogens is 1030 g/mol. The Morgan fingerprint density at radius 1 is 0.833 bits per heavy atom. The van der Waals surface area contributed by atoms with Crippen LogP contribution in [0.15, 0.2) is 106 Å². The molecule has 1 unspecified atom stereocenters. The number of anilines is 1. The lowest BCUT2D eigenvalue weighted by molar-refractivity contribution is -0.151. The number of fused-ring (bicyclic) bond motifs is 1. The third kappa shape index (κ3) is 12.9. The predicted octanol–water partition coefficient (Wildman–Crippen LogP) is 7.19. The van der Waals surface area contributed by atoms with Gasteiger partial charge >= 0.3 is 5.69 Å². The van der Waals surface area contributed by atoms with Crippen LogP contribution in [0.4, 0.5) is 5.95 Å². The van der Waals surface area contributed by atoms with Crippen molar-refractivity contribution in [3.05, 3.63) is 145 Å². The average molecular weight is 1090 g/mol. The first-order chi connectivity index (χ1) is 37.5. The summed E-state index contributed by atoms with van der Waals surface area (Å²) >= 11 is 0. The molecule has 7 atom stereocenters. The molecule has 3 aromatic carbocycles. The van der Waals surface area contributed by atoms with E-state index in [1.54, 1.807) is 39.6 Å². The summed E-state index contributed by atoms with van der Waals surface area (Å²) in [7, 11) is 1.46. The maximum Gasteiger partial charge on any atom is 0.330 e. The van der Waals surface area contributed by atoms with E-state index in [1.807, 2.05) is 107 Å². The Morgan fingerprint density at radius 3 is 2.04 bits per heavy atom. The van der Waals surface area contributed by atoms with E-state index in [1.165, 1.54) is 17.1 Å². The van der Waals surface area contributed by atoms with Crippen LogP contribution in [0.3, 0.4) is 0 Å². The summed E-state index contributed by atoms with van der Waals surface area (Å²) < 4.78 is 63.0. The first-order valence-corrected chi connectivity index (χ1v) is 27.0. The summed E-state index contributed by atoms with van der Waals surface area (Å²) in [6.07, 6.45) is -1.09. The molecule has 2 saturated heterocycles. The molecule has 78 heavy (non-hydrogen) atoms. The van der Waals surface area contributed by atoms with Crippen molar-refractivity contribution in [3.63, 3.8) is 0 Å². The van der Waals surface area contributed by atoms with Crippen molar-refractivity contribution in [2.45, 2.75) is 122 Å². The van der Waals surface area contributed by atoms with Crippen LogP contribution in [0.1, 0.15) is 95.5 Å². The van der Waals surface area contributed by atoms with Gasteiger partial charge in [-0.25, -0.2) is 14.4 Å². The molecule has 0 aliphatic carbocycles. The van der Waals surface area contributed by atoms with Gasteiger partial charge in [-0.3, -0.25) is 38.8 Å². The number of carbonyl (C=O) groups excluding carboxylic acids is 1. The quantitative estimate of drug-likeness (QED) is 0.0222. The number of aromatic amines is 2. The van der Waals surface area contributed by atoms with Crippen molar-refractivity contribution in [2.75, 3.05) is 46.1 Å². The van der Waals surface area contributed by atoms with E-state index in [4.69, 9.17) is 42.2 Å². The Balaban J connectivity index is 1.08. The van der Waals surface area contributed by atoms with Crippen molar-refractivity contribution in [1.29, 1.82) is 5.26 Å². The van der Waals surface area contributed by atoms with Crippen LogP contribution in [0.5, 0.6) is 11.5 Å². The number of nitrogens with zero attached hydrogens (tertiary/aromatic N) is 6. The molecule has 2 fully saturated rings. The SMILES string of the molecule is COc1ccc(C(OC[C@H]2O[C@@H](n3cc(C)c(=O)[nH]c3=O)C[C@@H]2OCOC[C@H]2O[C@@H](n3cnc4c(=O)[nH]c(NC(=O)C(C)C)nc43)C[C@@H]2OP(OCCC#N)N(C(C)C)C(C)C)(c2ccccc2)c2ccc(OC)cc2)cc1. The number of ether oxygens (including phenoxy) is 7. The Hall–Kier alpha value is -6.64. The summed E-state index contributed by atoms with van der Waals surface area (Å²) in [5.74, 6) is 0.573. The Kier molecular flexibility index (Phi) is 19.1. The van der Waals surface area contributed by atoms with Crippen LogP contribution in [0.25, 0.3) is 11.2 Å². The highest BCUT2D eigenvalue weighted by Gasteiger charge is 2.45. The molecule has 2 aliphatic rings. The van der Waals surface area contributed by atoms with Crippen LogP contribution >= 0.6 is 8.53 Å². The number of carbonyl (C=O) groups is 1. The number of aryl methyl sites for hydroxylation is 1. The number of aromatic nitrogens is 6. The molecule has 0 radical (unpaired) electrons. The number of hydrogen-bond acceptors (Lipinski definition) is 17. The van der Waals surface area contributed by atoms with Gasteiger partial charge in [0.15, 0.2) is 11.2 Å². The van der Waals surface area contributed by atoms with E-state index in [9.17, 15) is 24.4 Å². The number of methoxy groups -OCH3 is 2. The lowest BCUT2D eigenvalue weighted by atomic mass is 9.80. The average Bonchev–Trinajstić information content (AvgIpc) is 4.21. The number of imidazole rings is 1. The maximum absolute atomic E-state index is 13.4. The van der Waals surface area contributed by atoms with Gasteiger partial charge in [0.25, 0.3) is 19.6 Å². The molecule has 416 valence electrons. The van der Waals surface area contributed by atoms with Crippen LogP contribution in [0.2, 0.25) is 0 Å². The summed E-state index contributed by atoms with van der Waals surface area (Å²) in [4.78, 5) is 65.7. The number of benzene rings is 3. The van der Waals surface area contributed by atoms with Crippen molar-refractivity contribution in [1.82, 2.24) is 33.7 Å². The Morgan fingerprint density at radius 2 is 1.44 bits per heavy atom. The van der Waals surface area contributed by atoms with Crippen molar-refractivity contribution >= 4 is 31.5 Å². The summed E-state index contributed by atoms with van der Waals surface area (Å²) in [6.45, 7) is 13.0. The first kappa shape index (κ1) is 57.5. The molecule has 6 aromatic rings. The highest BCUT2D eigenvalue weighted by atomic mass is 31.2. The zero-order chi connectivity index (χ0) is 55.7. The van der Waals surface area contributed by atoms with Crippen LogP contribution in [-0.2, 0) is 43.1 Å². The minimum atomic E-state index is -1.75. The zero-order valence-corrected chi connectivity index (χ0v) is 46.1. The third-order valence-corrected chi connectivity index (χ3v) is 15.7. The standard InChI is InChI=1S/C55H68N9O13P/c1-33(2)50(65)59-53-58-49-48(52(67)60-53)57-31-63(49)47-27-43(77-78(74-25-13-24-56)64(34(3)4)35(5)6)44(75-47)29-71-32-72-42-26-46(62-28-36(7)51(66)61-54(62)68)76-45(42)30-73-55(37-14-11-10-12-15-37,38-16-20-40(69-8)21-17-38)39-18-22-41(70-9)23-19-39/h10-12,14-23,28,31,33-35,42-47H,13,25-27,29-30,32H2,1-9H3,(H,61,66,68)(H2,58,59,60,65,67)/t42-,43-,44+,45+,46+,47+,78?/m0/s1. The van der Waals surface area contributed by atoms with Gasteiger partial charge in [-0.2, -0.15) is 10.2 Å². The van der Waals surface area contributed by atoms with Crippen molar-refractivity contribution in [2.24, 2.45) is 5.92 Å². The molecule has 0 saturated carbocycles. The zero-order valence-electron chi connectivity index (χ0n) is 45.2. The molecule has 1 amide bonds. The topological polar surface area (TPSA) is 258 Å². The molecule has 5 heterocycles. The molecule has 3 aromatic heterocycles. The molecule has 23 heteroatoms. The Labute approximate surface area is 452 Å². The van der Waals surface area contributed by atoms with E-state index in [0.717, 1.165) is 16.7 Å². The maximum atomic E-state index is 13.4. The second-order valence-corrected chi connectivity index (χ2v) is 21.2. The molecule has 3 N–H and O–H groups in total. The lowest BCUT2D eigenvalue weighted by Crippen LogP contribution is -2.39. The second kappa shape index (κ2) is 25.9. The third-order valence-electron chi connectivity index (χ3n) is 13.5. The van der Waals surface area contributed by atoms with Gasteiger partial charge in [0.1, 0.15) is 48.6 Å². The highest BCUT2D eigenvalue weighted by molar-refractivity contribution is 7.44. The first-order valence-electron chi connectivity index (χ1n) is 25.9. The largest absolute Gasteiger partial charge is 0.497 e. The molecular formula is C55H68N9O13P. The number of rotatable bonds is 25. The van der Waals surface area contributed by atoms with Gasteiger partial charge in [0.05, 0.1) is 65.1 Å². The molecule has 0 spiro atoms. The lowest BCUT2D eigenvalue weighted by Gasteiger charge is -2.37. The van der Waals surface area contributed by atoms with E-state index < -0.39 is 67.8 Å². The number of hydrogen-bond donors (Lipinski definition) is 3. The predicted molar refractivity (Wildman–Crippen MR) is 289 cm³/mol. The second-order valence-electron chi connectivity index (χ2n) is 19.8. The van der Waals surface area contributed by atoms with Gasteiger partial charge in [0, 0.05) is 42.6 Å². The fourth-order valence-electron chi connectivity index (χ4n) is 9.58. The highest BCUT2D eigenvalue weighted by Crippen LogP contribution is 2.50. The number of nitrogens with one attached hydrogen (secondary N) is 3. The fourth-order valence-corrected chi connectivity index (χ4v) is 11.3. The summed E-state index contributed by atoms with van der Waals surface area (Å²) in [5.41, 5.74) is 0.0429. The Bertz CT molecular complexity index is 3120. The number of amides is 1. The van der Waals surface area contributed by atoms with E-state index in [-0.39, 0.29) is 86.9 Å². The van der Waals surface area contributed by atoms with Gasteiger partial charge in [-0.1, -0.05) is 68.4 Å². The van der Waals surface area contributed by atoms with Gasteiger partial charge in [-0.05, 0) is 75.6 Å². The van der Waals surface area contributed by atoms with Crippen LogP contribution in [-0.4, -0.2) is 117 Å². The van der Waals surface area contributed by atoms with Crippen LogP contribution < -0.4 is 31.6 Å². The minimum Gasteiger partial charge on any atom is -0.497 e. The fraction of sp³-hybridized carbons (Fsp3) is 0.473. The number of nitriles is 1. The van der Waals surface area contributed by atoms with Gasteiger partial charge < -0.3 is 42.2 Å². The smallest absolute Gasteiger partial charge is 0.330 e. The van der Waals surface area contributed by atoms with Gasteiger partial charge in [-0.15, -0.1) is 0 Å². The summed E-state index contributed by atoms with van der Waals surface area (Å²) in [6, 6.07) is 27.2. The normalized spacial score (nSPS) is 20.0.